The number of benzene rings is 2. The van der Waals surface area contributed by atoms with Gasteiger partial charge in [0.15, 0.2) is 5.58 Å². The summed E-state index contributed by atoms with van der Waals surface area (Å²) in [5.41, 5.74) is 17.8. The summed E-state index contributed by atoms with van der Waals surface area (Å²) in [5.74, 6) is 0.609. The molecule has 4 N–H and O–H groups in total. The summed E-state index contributed by atoms with van der Waals surface area (Å²) >= 11 is 0. The van der Waals surface area contributed by atoms with Gasteiger partial charge in [-0.2, -0.15) is 0 Å². The summed E-state index contributed by atoms with van der Waals surface area (Å²) in [5, 5.41) is 0. The van der Waals surface area contributed by atoms with Crippen LogP contribution in [0.1, 0.15) is 18.1 Å². The van der Waals surface area contributed by atoms with Crippen LogP contribution in [-0.2, 0) is 6.42 Å². The standard InChI is InChI=1S/C16H17N3O/c1-3-10-7-12(18)8-14-15(10)20-16(19-14)13-5-4-11(17)6-9(13)2/h4-8H,3,17-18H2,1-2H3. The second kappa shape index (κ2) is 4.56. The molecule has 1 aromatic heterocycles. The monoisotopic (exact) mass is 267 g/mol. The minimum absolute atomic E-state index is 0.609. The van der Waals surface area contributed by atoms with E-state index in [9.17, 15) is 0 Å². The third-order valence-corrected chi connectivity index (χ3v) is 3.45. The predicted molar refractivity (Wildman–Crippen MR) is 82.4 cm³/mol. The first kappa shape index (κ1) is 12.5. The van der Waals surface area contributed by atoms with E-state index < -0.39 is 0 Å². The number of oxazole rings is 1. The fourth-order valence-electron chi connectivity index (χ4n) is 2.43. The number of nitrogens with two attached hydrogens (primary N) is 2. The maximum atomic E-state index is 5.94. The van der Waals surface area contributed by atoms with E-state index in [-0.39, 0.29) is 0 Å². The van der Waals surface area contributed by atoms with Gasteiger partial charge in [0.2, 0.25) is 5.89 Å². The van der Waals surface area contributed by atoms with E-state index in [0.717, 1.165) is 39.9 Å². The molecule has 4 nitrogen and oxygen atoms in total. The minimum Gasteiger partial charge on any atom is -0.436 e. The number of fused-ring (bicyclic) bond motifs is 1. The molecule has 3 aromatic rings. The lowest BCUT2D eigenvalue weighted by molar-refractivity contribution is 0.615. The molecule has 3 rings (SSSR count). The fraction of sp³-hybridized carbons (Fsp3) is 0.188. The van der Waals surface area contributed by atoms with Crippen LogP contribution in [0.25, 0.3) is 22.6 Å². The zero-order chi connectivity index (χ0) is 14.3. The molecule has 20 heavy (non-hydrogen) atoms. The highest BCUT2D eigenvalue weighted by Crippen LogP contribution is 2.31. The van der Waals surface area contributed by atoms with E-state index in [1.165, 1.54) is 0 Å². The number of nitrogen functional groups attached to an aromatic ring is 2. The molecular formula is C16H17N3O. The third-order valence-electron chi connectivity index (χ3n) is 3.45. The van der Waals surface area contributed by atoms with E-state index >= 15 is 0 Å². The molecule has 102 valence electrons. The number of nitrogens with zero attached hydrogens (tertiary/aromatic N) is 1. The summed E-state index contributed by atoms with van der Waals surface area (Å²) in [6, 6.07) is 9.48. The number of aromatic nitrogens is 1. The van der Waals surface area contributed by atoms with Crippen molar-refractivity contribution in [2.45, 2.75) is 20.3 Å². The Morgan fingerprint density at radius 2 is 1.90 bits per heavy atom. The molecule has 0 aliphatic rings. The molecule has 0 saturated heterocycles. The van der Waals surface area contributed by atoms with Gasteiger partial charge in [-0.05, 0) is 54.8 Å². The summed E-state index contributed by atoms with van der Waals surface area (Å²) < 4.78 is 5.94. The molecule has 0 amide bonds. The molecule has 0 unspecified atom stereocenters. The number of hydrogen-bond donors (Lipinski definition) is 2. The highest BCUT2D eigenvalue weighted by Gasteiger charge is 2.13. The molecule has 0 atom stereocenters. The third kappa shape index (κ3) is 1.99. The van der Waals surface area contributed by atoms with Gasteiger partial charge in [-0.25, -0.2) is 4.98 Å². The Morgan fingerprint density at radius 1 is 1.10 bits per heavy atom. The molecule has 0 spiro atoms. The van der Waals surface area contributed by atoms with Crippen molar-refractivity contribution in [2.75, 3.05) is 11.5 Å². The second-order valence-corrected chi connectivity index (χ2v) is 4.98. The molecule has 0 aliphatic carbocycles. The first-order valence-corrected chi connectivity index (χ1v) is 6.64. The molecule has 1 heterocycles. The van der Waals surface area contributed by atoms with Gasteiger partial charge in [-0.15, -0.1) is 0 Å². The molecule has 0 fully saturated rings. The van der Waals surface area contributed by atoms with E-state index in [1.807, 2.05) is 37.3 Å². The maximum absolute atomic E-state index is 5.94. The van der Waals surface area contributed by atoms with Crippen LogP contribution >= 0.6 is 0 Å². The Hall–Kier alpha value is -2.49. The van der Waals surface area contributed by atoms with E-state index in [0.29, 0.717) is 11.6 Å². The Balaban J connectivity index is 2.22. The van der Waals surface area contributed by atoms with Crippen molar-refractivity contribution >= 4 is 22.5 Å². The number of anilines is 2. The molecule has 0 aliphatic heterocycles. The second-order valence-electron chi connectivity index (χ2n) is 4.98. The van der Waals surface area contributed by atoms with E-state index in [1.54, 1.807) is 0 Å². The zero-order valence-electron chi connectivity index (χ0n) is 11.6. The van der Waals surface area contributed by atoms with Gasteiger partial charge < -0.3 is 15.9 Å². The van der Waals surface area contributed by atoms with Gasteiger partial charge in [0.1, 0.15) is 5.52 Å². The molecule has 0 bridgehead atoms. The van der Waals surface area contributed by atoms with Gasteiger partial charge >= 0.3 is 0 Å². The highest BCUT2D eigenvalue weighted by molar-refractivity contribution is 5.83. The summed E-state index contributed by atoms with van der Waals surface area (Å²) in [6.45, 7) is 4.07. The largest absolute Gasteiger partial charge is 0.436 e. The van der Waals surface area contributed by atoms with Crippen LogP contribution in [0.5, 0.6) is 0 Å². The topological polar surface area (TPSA) is 78.1 Å². The smallest absolute Gasteiger partial charge is 0.227 e. The fourth-order valence-corrected chi connectivity index (χ4v) is 2.43. The van der Waals surface area contributed by atoms with Crippen LogP contribution < -0.4 is 11.5 Å². The van der Waals surface area contributed by atoms with E-state index in [4.69, 9.17) is 15.9 Å². The van der Waals surface area contributed by atoms with Crippen LogP contribution in [0.4, 0.5) is 11.4 Å². The van der Waals surface area contributed by atoms with Crippen molar-refractivity contribution in [3.63, 3.8) is 0 Å². The van der Waals surface area contributed by atoms with Gasteiger partial charge in [-0.3, -0.25) is 0 Å². The Kier molecular flexibility index (Phi) is 2.86. The van der Waals surface area contributed by atoms with Crippen LogP contribution in [0.2, 0.25) is 0 Å². The quantitative estimate of drug-likeness (QED) is 0.696. The Morgan fingerprint density at radius 3 is 2.60 bits per heavy atom. The van der Waals surface area contributed by atoms with Crippen LogP contribution in [0, 0.1) is 6.92 Å². The Bertz CT molecular complexity index is 790. The molecule has 0 saturated carbocycles. The van der Waals surface area contributed by atoms with Crippen molar-refractivity contribution in [1.29, 1.82) is 0 Å². The Labute approximate surface area is 117 Å². The number of aryl methyl sites for hydroxylation is 2. The molecule has 0 radical (unpaired) electrons. The highest BCUT2D eigenvalue weighted by atomic mass is 16.3. The SMILES string of the molecule is CCc1cc(N)cc2nc(-c3ccc(N)cc3C)oc12. The van der Waals surface area contributed by atoms with Crippen LogP contribution in [0.15, 0.2) is 34.7 Å². The lowest BCUT2D eigenvalue weighted by atomic mass is 10.1. The number of hydrogen-bond acceptors (Lipinski definition) is 4. The molecule has 4 heteroatoms. The van der Waals surface area contributed by atoms with Crippen LogP contribution in [-0.4, -0.2) is 4.98 Å². The van der Waals surface area contributed by atoms with Gasteiger partial charge in [0.25, 0.3) is 0 Å². The summed E-state index contributed by atoms with van der Waals surface area (Å²) in [7, 11) is 0. The maximum Gasteiger partial charge on any atom is 0.227 e. The van der Waals surface area contributed by atoms with Gasteiger partial charge in [0.05, 0.1) is 0 Å². The van der Waals surface area contributed by atoms with Crippen molar-refractivity contribution in [2.24, 2.45) is 0 Å². The summed E-state index contributed by atoms with van der Waals surface area (Å²) in [6.07, 6.45) is 0.858. The van der Waals surface area contributed by atoms with Crippen LogP contribution in [0.3, 0.4) is 0 Å². The van der Waals surface area contributed by atoms with Crippen molar-refractivity contribution < 1.29 is 4.42 Å². The first-order chi connectivity index (χ1) is 9.58. The minimum atomic E-state index is 0.609. The van der Waals surface area contributed by atoms with Crippen molar-refractivity contribution in [3.05, 3.63) is 41.5 Å². The zero-order valence-corrected chi connectivity index (χ0v) is 11.6. The van der Waals surface area contributed by atoms with Gasteiger partial charge in [-0.1, -0.05) is 6.92 Å². The molecule has 2 aromatic carbocycles. The average molecular weight is 267 g/mol. The predicted octanol–water partition coefficient (Wildman–Crippen LogP) is 3.53. The normalized spacial score (nSPS) is 11.1. The van der Waals surface area contributed by atoms with Gasteiger partial charge in [0, 0.05) is 16.9 Å². The lowest BCUT2D eigenvalue weighted by Gasteiger charge is -2.02. The summed E-state index contributed by atoms with van der Waals surface area (Å²) in [4.78, 5) is 4.56. The number of rotatable bonds is 2. The lowest BCUT2D eigenvalue weighted by Crippen LogP contribution is -1.88. The average Bonchev–Trinajstić information content (AvgIpc) is 2.80. The van der Waals surface area contributed by atoms with E-state index in [2.05, 4.69) is 11.9 Å². The van der Waals surface area contributed by atoms with Crippen molar-refractivity contribution in [3.8, 4) is 11.5 Å². The van der Waals surface area contributed by atoms with Crippen molar-refractivity contribution in [1.82, 2.24) is 4.98 Å². The first-order valence-electron chi connectivity index (χ1n) is 6.64. The molecular weight excluding hydrogens is 250 g/mol.